The molecule has 6 nitrogen and oxygen atoms in total. The van der Waals surface area contributed by atoms with E-state index in [2.05, 4.69) is 6.58 Å². The van der Waals surface area contributed by atoms with Crippen molar-refractivity contribution in [2.45, 2.75) is 19.8 Å². The van der Waals surface area contributed by atoms with E-state index < -0.39 is 11.9 Å². The summed E-state index contributed by atoms with van der Waals surface area (Å²) in [5, 5.41) is 8.42. The van der Waals surface area contributed by atoms with Gasteiger partial charge in [0.2, 0.25) is 0 Å². The summed E-state index contributed by atoms with van der Waals surface area (Å²) in [5.41, 5.74) is 0.988. The molecule has 118 valence electrons. The van der Waals surface area contributed by atoms with Crippen molar-refractivity contribution in [3.8, 4) is 5.75 Å². The molecule has 1 rings (SSSR count). The number of aliphatic carboxylic acids is 1. The Morgan fingerprint density at radius 3 is 2.27 bits per heavy atom. The van der Waals surface area contributed by atoms with E-state index in [1.807, 2.05) is 0 Å². The molecule has 0 bridgehead atoms. The van der Waals surface area contributed by atoms with Gasteiger partial charge in [0.1, 0.15) is 19.0 Å². The number of carbonyl (C=O) groups excluding carboxylic acids is 2. The topological polar surface area (TPSA) is 89.9 Å². The first-order valence-electron chi connectivity index (χ1n) is 6.70. The minimum atomic E-state index is -1.04. The Bertz CT molecular complexity index is 559. The lowest BCUT2D eigenvalue weighted by Crippen LogP contribution is -2.13. The predicted octanol–water partition coefficient (Wildman–Crippen LogP) is 2.23. The highest BCUT2D eigenvalue weighted by Crippen LogP contribution is 2.14. The fraction of sp³-hybridized carbons (Fsp3) is 0.312. The number of hydrogen-bond acceptors (Lipinski definition) is 5. The predicted molar refractivity (Wildman–Crippen MR) is 78.9 cm³/mol. The number of Topliss-reactive ketones (excluding diaryl/α,β-unsaturated/α-hetero) is 1. The summed E-state index contributed by atoms with van der Waals surface area (Å²) in [6.07, 6.45) is -0.412. The molecule has 0 unspecified atom stereocenters. The van der Waals surface area contributed by atoms with Gasteiger partial charge in [-0.1, -0.05) is 6.58 Å². The molecule has 0 heterocycles. The van der Waals surface area contributed by atoms with Crippen molar-refractivity contribution in [1.29, 1.82) is 0 Å². The highest BCUT2D eigenvalue weighted by Gasteiger charge is 2.07. The Labute approximate surface area is 128 Å². The van der Waals surface area contributed by atoms with E-state index in [0.717, 1.165) is 0 Å². The summed E-state index contributed by atoms with van der Waals surface area (Å²) in [5.74, 6) is -1.20. The van der Waals surface area contributed by atoms with Crippen molar-refractivity contribution >= 4 is 17.7 Å². The van der Waals surface area contributed by atoms with Gasteiger partial charge in [-0.15, -0.1) is 0 Å². The van der Waals surface area contributed by atoms with E-state index in [-0.39, 0.29) is 31.8 Å². The zero-order valence-electron chi connectivity index (χ0n) is 12.3. The molecule has 0 aliphatic heterocycles. The van der Waals surface area contributed by atoms with Crippen LogP contribution in [0.1, 0.15) is 30.1 Å². The van der Waals surface area contributed by atoms with E-state index >= 15 is 0 Å². The van der Waals surface area contributed by atoms with Crippen molar-refractivity contribution < 1.29 is 29.0 Å². The number of carboxylic acid groups (broad SMARTS) is 1. The Morgan fingerprint density at radius 1 is 1.09 bits per heavy atom. The second-order valence-electron chi connectivity index (χ2n) is 4.60. The van der Waals surface area contributed by atoms with Crippen molar-refractivity contribution in [2.75, 3.05) is 13.2 Å². The van der Waals surface area contributed by atoms with Gasteiger partial charge in [0.05, 0.1) is 12.8 Å². The second kappa shape index (κ2) is 8.61. The molecule has 0 amide bonds. The number of hydrogen-bond donors (Lipinski definition) is 1. The molecule has 0 aliphatic rings. The fourth-order valence-corrected chi connectivity index (χ4v) is 1.55. The summed E-state index contributed by atoms with van der Waals surface area (Å²) >= 11 is 0. The van der Waals surface area contributed by atoms with E-state index in [0.29, 0.717) is 16.9 Å². The van der Waals surface area contributed by atoms with Crippen LogP contribution < -0.4 is 4.74 Å². The first kappa shape index (κ1) is 17.4. The van der Waals surface area contributed by atoms with E-state index in [1.165, 1.54) is 0 Å². The van der Waals surface area contributed by atoms with Crippen LogP contribution in [-0.2, 0) is 14.3 Å². The van der Waals surface area contributed by atoms with Gasteiger partial charge in [-0.25, -0.2) is 0 Å². The Hall–Kier alpha value is -2.63. The quantitative estimate of drug-likeness (QED) is 0.326. The number of carboxylic acids is 1. The first-order valence-corrected chi connectivity index (χ1v) is 6.70. The largest absolute Gasteiger partial charge is 0.490 e. The fourth-order valence-electron chi connectivity index (χ4n) is 1.55. The number of carbonyl (C=O) groups is 3. The van der Waals surface area contributed by atoms with Crippen LogP contribution in [0.15, 0.2) is 36.4 Å². The van der Waals surface area contributed by atoms with E-state index in [9.17, 15) is 14.4 Å². The lowest BCUT2D eigenvalue weighted by Gasteiger charge is -2.08. The molecular weight excluding hydrogens is 288 g/mol. The molecule has 0 aliphatic carbocycles. The number of ketones is 1. The minimum absolute atomic E-state index is 0.0326. The highest BCUT2D eigenvalue weighted by atomic mass is 16.6. The Morgan fingerprint density at radius 2 is 1.73 bits per heavy atom. The first-order chi connectivity index (χ1) is 10.4. The van der Waals surface area contributed by atoms with Gasteiger partial charge in [0, 0.05) is 5.56 Å². The van der Waals surface area contributed by atoms with Crippen LogP contribution in [0, 0.1) is 0 Å². The maximum atomic E-state index is 11.7. The van der Waals surface area contributed by atoms with E-state index in [4.69, 9.17) is 14.6 Å². The van der Waals surface area contributed by atoms with Crippen LogP contribution in [0.2, 0.25) is 0 Å². The van der Waals surface area contributed by atoms with Crippen molar-refractivity contribution in [3.63, 3.8) is 0 Å². The van der Waals surface area contributed by atoms with Crippen LogP contribution >= 0.6 is 0 Å². The molecular formula is C16H18O6. The lowest BCUT2D eigenvalue weighted by atomic mass is 10.1. The van der Waals surface area contributed by atoms with Gasteiger partial charge in [-0.2, -0.15) is 0 Å². The van der Waals surface area contributed by atoms with Crippen LogP contribution in [0.25, 0.3) is 0 Å². The van der Waals surface area contributed by atoms with Gasteiger partial charge in [-0.3, -0.25) is 14.4 Å². The summed E-state index contributed by atoms with van der Waals surface area (Å²) in [6, 6.07) is 6.54. The Kier molecular flexibility index (Phi) is 6.82. The highest BCUT2D eigenvalue weighted by molar-refractivity contribution is 6.07. The summed E-state index contributed by atoms with van der Waals surface area (Å²) in [6.45, 7) is 5.41. The molecule has 0 fully saturated rings. The van der Waals surface area contributed by atoms with Gasteiger partial charge < -0.3 is 14.6 Å². The molecule has 0 spiro atoms. The standard InChI is InChI=1S/C16H18O6/c1-11(2)16(20)12-3-5-13(6-4-12)21-9-10-22-15(19)8-7-14(17)18/h3-6H,1,7-10H2,2H3,(H,17,18). The van der Waals surface area contributed by atoms with Gasteiger partial charge in [-0.05, 0) is 36.8 Å². The zero-order chi connectivity index (χ0) is 16.5. The molecule has 0 saturated heterocycles. The molecule has 1 N–H and O–H groups in total. The normalized spacial score (nSPS) is 9.86. The average Bonchev–Trinajstić information content (AvgIpc) is 2.49. The van der Waals surface area contributed by atoms with Crippen LogP contribution in [0.5, 0.6) is 5.75 Å². The molecule has 0 aromatic heterocycles. The summed E-state index contributed by atoms with van der Waals surface area (Å²) < 4.78 is 10.2. The third-order valence-corrected chi connectivity index (χ3v) is 2.66. The molecule has 6 heteroatoms. The van der Waals surface area contributed by atoms with Crippen molar-refractivity contribution in [2.24, 2.45) is 0 Å². The third-order valence-electron chi connectivity index (χ3n) is 2.66. The van der Waals surface area contributed by atoms with Crippen LogP contribution in [-0.4, -0.2) is 36.0 Å². The molecule has 0 saturated carbocycles. The number of ether oxygens (including phenoxy) is 2. The maximum absolute atomic E-state index is 11.7. The zero-order valence-corrected chi connectivity index (χ0v) is 12.3. The third kappa shape index (κ3) is 6.21. The molecule has 0 radical (unpaired) electrons. The van der Waals surface area contributed by atoms with Crippen molar-refractivity contribution in [3.05, 3.63) is 42.0 Å². The van der Waals surface area contributed by atoms with Gasteiger partial charge in [0.15, 0.2) is 5.78 Å². The smallest absolute Gasteiger partial charge is 0.306 e. The van der Waals surface area contributed by atoms with Gasteiger partial charge in [0.25, 0.3) is 0 Å². The number of esters is 1. The molecule has 1 aromatic carbocycles. The Balaban J connectivity index is 2.31. The molecule has 1 aromatic rings. The van der Waals surface area contributed by atoms with Crippen LogP contribution in [0.3, 0.4) is 0 Å². The number of benzene rings is 1. The SMILES string of the molecule is C=C(C)C(=O)c1ccc(OCCOC(=O)CCC(=O)O)cc1. The minimum Gasteiger partial charge on any atom is -0.490 e. The number of allylic oxidation sites excluding steroid dienone is 1. The molecule has 0 atom stereocenters. The van der Waals surface area contributed by atoms with Gasteiger partial charge >= 0.3 is 11.9 Å². The number of rotatable bonds is 9. The lowest BCUT2D eigenvalue weighted by molar-refractivity contribution is -0.148. The maximum Gasteiger partial charge on any atom is 0.306 e. The second-order valence-corrected chi connectivity index (χ2v) is 4.60. The summed E-state index contributed by atoms with van der Waals surface area (Å²) in [7, 11) is 0. The molecule has 22 heavy (non-hydrogen) atoms. The van der Waals surface area contributed by atoms with Crippen molar-refractivity contribution in [1.82, 2.24) is 0 Å². The van der Waals surface area contributed by atoms with E-state index in [1.54, 1.807) is 31.2 Å². The average molecular weight is 306 g/mol. The monoisotopic (exact) mass is 306 g/mol. The van der Waals surface area contributed by atoms with Crippen LogP contribution in [0.4, 0.5) is 0 Å². The summed E-state index contributed by atoms with van der Waals surface area (Å²) in [4.78, 5) is 33.1.